The Balaban J connectivity index is 2.00. The molecule has 2 N–H and O–H groups in total. The summed E-state index contributed by atoms with van der Waals surface area (Å²) < 4.78 is 37.6. The van der Waals surface area contributed by atoms with Crippen LogP contribution in [0.4, 0.5) is 19.0 Å². The minimum absolute atomic E-state index is 0.0406. The molecule has 0 saturated heterocycles. The molecule has 3 nitrogen and oxygen atoms in total. The van der Waals surface area contributed by atoms with E-state index in [9.17, 15) is 18.3 Å². The molecule has 1 aliphatic rings. The van der Waals surface area contributed by atoms with Gasteiger partial charge in [-0.15, -0.1) is 0 Å². The van der Waals surface area contributed by atoms with Gasteiger partial charge in [0, 0.05) is 19.3 Å². The van der Waals surface area contributed by atoms with Gasteiger partial charge in [-0.3, -0.25) is 0 Å². The monoisotopic (exact) mass is 322 g/mol. The zero-order chi connectivity index (χ0) is 15.5. The number of nitrogens with one attached hydrogen (secondary N) is 1. The van der Waals surface area contributed by atoms with Crippen molar-refractivity contribution < 1.29 is 18.3 Å². The minimum Gasteiger partial charge on any atom is -0.396 e. The Labute approximate surface area is 126 Å². The fourth-order valence-corrected chi connectivity index (χ4v) is 2.98. The summed E-state index contributed by atoms with van der Waals surface area (Å²) in [5.41, 5.74) is -0.857. The van der Waals surface area contributed by atoms with E-state index in [2.05, 4.69) is 10.3 Å². The van der Waals surface area contributed by atoms with Crippen LogP contribution in [0.3, 0.4) is 0 Å². The fourth-order valence-electron chi connectivity index (χ4n) is 2.74. The fraction of sp³-hybridized carbons (Fsp3) is 0.643. The molecule has 1 saturated carbocycles. The topological polar surface area (TPSA) is 45.1 Å². The third-order valence-corrected chi connectivity index (χ3v) is 4.29. The summed E-state index contributed by atoms with van der Waals surface area (Å²) in [7, 11) is 0. The summed E-state index contributed by atoms with van der Waals surface area (Å²) in [6.07, 6.45) is 0.532. The highest BCUT2D eigenvalue weighted by Crippen LogP contribution is 2.33. The van der Waals surface area contributed by atoms with Crippen LogP contribution in [0.2, 0.25) is 5.02 Å². The SMILES string of the molecule is OCC1CCCCC1CNc1ncc(C(F)(F)F)cc1Cl. The van der Waals surface area contributed by atoms with Gasteiger partial charge in [0.05, 0.1) is 10.6 Å². The average molecular weight is 323 g/mol. The highest BCUT2D eigenvalue weighted by molar-refractivity contribution is 6.32. The lowest BCUT2D eigenvalue weighted by Crippen LogP contribution is -2.28. The van der Waals surface area contributed by atoms with Crippen molar-refractivity contribution in [3.8, 4) is 0 Å². The maximum atomic E-state index is 12.5. The smallest absolute Gasteiger partial charge is 0.396 e. The van der Waals surface area contributed by atoms with Crippen molar-refractivity contribution in [3.05, 3.63) is 22.8 Å². The second-order valence-corrected chi connectivity index (χ2v) is 5.83. The van der Waals surface area contributed by atoms with E-state index in [4.69, 9.17) is 11.6 Å². The third-order valence-electron chi connectivity index (χ3n) is 4.00. The maximum absolute atomic E-state index is 12.5. The molecule has 21 heavy (non-hydrogen) atoms. The van der Waals surface area contributed by atoms with E-state index in [0.717, 1.165) is 37.9 Å². The van der Waals surface area contributed by atoms with Gasteiger partial charge in [0.15, 0.2) is 0 Å². The number of anilines is 1. The number of hydrogen-bond donors (Lipinski definition) is 2. The van der Waals surface area contributed by atoms with Crippen LogP contribution < -0.4 is 5.32 Å². The molecule has 0 radical (unpaired) electrons. The first-order chi connectivity index (χ1) is 9.91. The van der Waals surface area contributed by atoms with E-state index < -0.39 is 11.7 Å². The first kappa shape index (κ1) is 16.4. The van der Waals surface area contributed by atoms with Crippen LogP contribution in [0.15, 0.2) is 12.3 Å². The van der Waals surface area contributed by atoms with Crippen LogP contribution in [0, 0.1) is 11.8 Å². The molecule has 0 aromatic carbocycles. The molecular formula is C14H18ClF3N2O. The van der Waals surface area contributed by atoms with E-state index in [1.807, 2.05) is 0 Å². The number of nitrogens with zero attached hydrogens (tertiary/aromatic N) is 1. The lowest BCUT2D eigenvalue weighted by Gasteiger charge is -2.30. The molecule has 1 aliphatic carbocycles. The Morgan fingerprint density at radius 1 is 1.29 bits per heavy atom. The van der Waals surface area contributed by atoms with Gasteiger partial charge in [0.25, 0.3) is 0 Å². The molecule has 1 aromatic rings. The second kappa shape index (κ2) is 6.83. The van der Waals surface area contributed by atoms with Crippen LogP contribution in [0.1, 0.15) is 31.2 Å². The zero-order valence-corrected chi connectivity index (χ0v) is 12.2. The van der Waals surface area contributed by atoms with Crippen molar-refractivity contribution >= 4 is 17.4 Å². The number of alkyl halides is 3. The van der Waals surface area contributed by atoms with Gasteiger partial charge in [-0.05, 0) is 30.7 Å². The summed E-state index contributed by atoms with van der Waals surface area (Å²) in [5.74, 6) is 0.787. The van der Waals surface area contributed by atoms with Gasteiger partial charge < -0.3 is 10.4 Å². The molecule has 2 unspecified atom stereocenters. The van der Waals surface area contributed by atoms with E-state index in [1.165, 1.54) is 0 Å². The van der Waals surface area contributed by atoms with Crippen LogP contribution in [-0.4, -0.2) is 23.2 Å². The van der Waals surface area contributed by atoms with E-state index in [0.29, 0.717) is 12.5 Å². The molecule has 2 atom stereocenters. The number of rotatable bonds is 4. The summed E-state index contributed by atoms with van der Waals surface area (Å²) in [4.78, 5) is 3.75. The number of aliphatic hydroxyl groups is 1. The summed E-state index contributed by atoms with van der Waals surface area (Å²) in [6, 6.07) is 0.876. The van der Waals surface area contributed by atoms with E-state index in [-0.39, 0.29) is 23.4 Å². The van der Waals surface area contributed by atoms with Crippen molar-refractivity contribution in [2.24, 2.45) is 11.8 Å². The molecule has 2 rings (SSSR count). The number of aliphatic hydroxyl groups excluding tert-OH is 1. The molecule has 7 heteroatoms. The van der Waals surface area contributed by atoms with Crippen LogP contribution >= 0.6 is 11.6 Å². The first-order valence-corrected chi connectivity index (χ1v) is 7.37. The van der Waals surface area contributed by atoms with Crippen LogP contribution in [-0.2, 0) is 6.18 Å². The van der Waals surface area contributed by atoms with Gasteiger partial charge in [0.2, 0.25) is 0 Å². The molecule has 1 heterocycles. The van der Waals surface area contributed by atoms with Crippen LogP contribution in [0.25, 0.3) is 0 Å². The van der Waals surface area contributed by atoms with Crippen molar-refractivity contribution in [2.45, 2.75) is 31.9 Å². The maximum Gasteiger partial charge on any atom is 0.417 e. The van der Waals surface area contributed by atoms with Crippen LogP contribution in [0.5, 0.6) is 0 Å². The molecule has 118 valence electrons. The Morgan fingerprint density at radius 3 is 2.52 bits per heavy atom. The Bertz CT molecular complexity index is 482. The predicted molar refractivity (Wildman–Crippen MR) is 75.3 cm³/mol. The normalized spacial score (nSPS) is 23.1. The lowest BCUT2D eigenvalue weighted by molar-refractivity contribution is -0.137. The third kappa shape index (κ3) is 4.23. The Kier molecular flexibility index (Phi) is 5.32. The van der Waals surface area contributed by atoms with Crippen molar-refractivity contribution in [1.82, 2.24) is 4.98 Å². The number of aromatic nitrogens is 1. The molecule has 0 spiro atoms. The van der Waals surface area contributed by atoms with Gasteiger partial charge in [-0.1, -0.05) is 24.4 Å². The highest BCUT2D eigenvalue weighted by Gasteiger charge is 2.31. The molecular weight excluding hydrogens is 305 g/mol. The predicted octanol–water partition coefficient (Wildman–Crippen LogP) is 3.96. The molecule has 0 amide bonds. The lowest BCUT2D eigenvalue weighted by atomic mass is 9.79. The number of pyridine rings is 1. The van der Waals surface area contributed by atoms with E-state index in [1.54, 1.807) is 0 Å². The minimum atomic E-state index is -4.44. The molecule has 1 fully saturated rings. The average Bonchev–Trinajstić information content (AvgIpc) is 2.45. The van der Waals surface area contributed by atoms with Gasteiger partial charge in [-0.25, -0.2) is 4.98 Å². The van der Waals surface area contributed by atoms with Crippen molar-refractivity contribution in [2.75, 3.05) is 18.5 Å². The first-order valence-electron chi connectivity index (χ1n) is 6.99. The van der Waals surface area contributed by atoms with E-state index >= 15 is 0 Å². The molecule has 1 aromatic heterocycles. The quantitative estimate of drug-likeness (QED) is 0.881. The Morgan fingerprint density at radius 2 is 1.95 bits per heavy atom. The molecule has 0 bridgehead atoms. The zero-order valence-electron chi connectivity index (χ0n) is 11.5. The Hall–Kier alpha value is -1.01. The standard InChI is InChI=1S/C14H18ClF3N2O/c15-12-5-11(14(16,17)18)7-20-13(12)19-6-9-3-1-2-4-10(9)8-21/h5,7,9-10,21H,1-4,6,8H2,(H,19,20). The van der Waals surface area contributed by atoms with Crippen molar-refractivity contribution in [3.63, 3.8) is 0 Å². The van der Waals surface area contributed by atoms with Gasteiger partial charge in [-0.2, -0.15) is 13.2 Å². The largest absolute Gasteiger partial charge is 0.417 e. The number of hydrogen-bond acceptors (Lipinski definition) is 3. The number of halogens is 4. The van der Waals surface area contributed by atoms with Crippen molar-refractivity contribution in [1.29, 1.82) is 0 Å². The van der Waals surface area contributed by atoms with Gasteiger partial charge >= 0.3 is 6.18 Å². The summed E-state index contributed by atoms with van der Waals surface area (Å²) in [5, 5.41) is 12.3. The second-order valence-electron chi connectivity index (χ2n) is 5.42. The summed E-state index contributed by atoms with van der Waals surface area (Å²) >= 11 is 5.85. The molecule has 0 aliphatic heterocycles. The van der Waals surface area contributed by atoms with Gasteiger partial charge in [0.1, 0.15) is 5.82 Å². The highest BCUT2D eigenvalue weighted by atomic mass is 35.5. The summed E-state index contributed by atoms with van der Waals surface area (Å²) in [6.45, 7) is 0.698.